The minimum Gasteiger partial charge on any atom is -0.355 e. The Morgan fingerprint density at radius 2 is 1.72 bits per heavy atom. The van der Waals surface area contributed by atoms with Gasteiger partial charge in [-0.15, -0.1) is 0 Å². The van der Waals surface area contributed by atoms with Gasteiger partial charge in [-0.2, -0.15) is 5.10 Å². The Morgan fingerprint density at radius 1 is 0.938 bits per heavy atom. The monoisotopic (exact) mass is 426 g/mol. The number of carbonyl (C=O) groups is 1. The molecule has 0 aliphatic carbocycles. The lowest BCUT2D eigenvalue weighted by atomic mass is 9.71. The largest absolute Gasteiger partial charge is 0.355 e. The number of benzene rings is 2. The molecular formula is C25H26N6O. The van der Waals surface area contributed by atoms with Crippen molar-refractivity contribution in [3.8, 4) is 0 Å². The van der Waals surface area contributed by atoms with Crippen molar-refractivity contribution in [2.24, 2.45) is 5.41 Å². The number of nitrogens with one attached hydrogen (secondary N) is 1. The number of hydrogen-bond acceptors (Lipinski definition) is 5. The number of amides is 1. The predicted molar refractivity (Wildman–Crippen MR) is 124 cm³/mol. The summed E-state index contributed by atoms with van der Waals surface area (Å²) in [6.07, 6.45) is 5.60. The van der Waals surface area contributed by atoms with Crippen LogP contribution in [0.3, 0.4) is 0 Å². The molecule has 1 spiro atoms. The second-order valence-corrected chi connectivity index (χ2v) is 9.03. The molecule has 0 radical (unpaired) electrons. The van der Waals surface area contributed by atoms with E-state index in [0.29, 0.717) is 12.5 Å². The van der Waals surface area contributed by atoms with Crippen LogP contribution in [-0.2, 0) is 11.3 Å². The van der Waals surface area contributed by atoms with Gasteiger partial charge in [0.05, 0.1) is 40.4 Å². The van der Waals surface area contributed by atoms with Crippen LogP contribution in [0, 0.1) is 5.41 Å². The fraction of sp³-hybridized carbons (Fsp3) is 0.360. The normalized spacial score (nSPS) is 18.7. The minimum absolute atomic E-state index is 0.259. The number of nitrogens with zero attached hydrogens (tertiary/aromatic N) is 5. The molecule has 0 bridgehead atoms. The number of likely N-dealkylation sites (tertiary alicyclic amines) is 1. The Morgan fingerprint density at radius 3 is 2.59 bits per heavy atom. The quantitative estimate of drug-likeness (QED) is 0.537. The molecule has 4 heterocycles. The third-order valence-electron chi connectivity index (χ3n) is 7.19. The highest BCUT2D eigenvalue weighted by molar-refractivity contribution is 5.85. The van der Waals surface area contributed by atoms with E-state index in [2.05, 4.69) is 26.1 Å². The van der Waals surface area contributed by atoms with Gasteiger partial charge in [-0.05, 0) is 43.9 Å². The number of fused-ring (bicyclic) bond motifs is 2. The zero-order valence-corrected chi connectivity index (χ0v) is 18.0. The number of piperidine rings is 2. The Bertz CT molecular complexity index is 1290. The van der Waals surface area contributed by atoms with Crippen molar-refractivity contribution in [2.75, 3.05) is 24.5 Å². The van der Waals surface area contributed by atoms with Crippen LogP contribution in [0.4, 0.5) is 5.82 Å². The first kappa shape index (κ1) is 19.2. The number of anilines is 1. The number of carbonyl (C=O) groups excluding carboxylic acids is 1. The average Bonchev–Trinajstić information content (AvgIpc) is 3.25. The van der Waals surface area contributed by atoms with Crippen LogP contribution in [0.5, 0.6) is 0 Å². The molecule has 0 atom stereocenters. The Labute approximate surface area is 186 Å². The Kier molecular flexibility index (Phi) is 4.56. The fourth-order valence-corrected chi connectivity index (χ4v) is 5.35. The van der Waals surface area contributed by atoms with Gasteiger partial charge in [-0.25, -0.2) is 4.98 Å². The van der Waals surface area contributed by atoms with E-state index in [1.165, 1.54) is 0 Å². The molecule has 4 aromatic rings. The standard InChI is InChI=1S/C25H26N6O/c32-24-25(10-5-13-31(24)17-22-18-6-1-2-7-19(18)28-29-22)11-14-30(15-12-25)23-16-26-20-8-3-4-9-21(20)27-23/h1-4,6-9,16H,5,10-15,17H2,(H,28,29). The molecule has 162 valence electrons. The zero-order valence-electron chi connectivity index (χ0n) is 18.0. The minimum atomic E-state index is -0.259. The van der Waals surface area contributed by atoms with E-state index >= 15 is 0 Å². The second-order valence-electron chi connectivity index (χ2n) is 9.03. The van der Waals surface area contributed by atoms with Crippen molar-refractivity contribution < 1.29 is 4.79 Å². The first-order chi connectivity index (χ1) is 15.7. The van der Waals surface area contributed by atoms with Crippen LogP contribution in [0.1, 0.15) is 31.4 Å². The zero-order chi connectivity index (χ0) is 21.5. The highest BCUT2D eigenvalue weighted by Gasteiger charge is 2.46. The highest BCUT2D eigenvalue weighted by atomic mass is 16.2. The summed E-state index contributed by atoms with van der Waals surface area (Å²) in [5, 5.41) is 8.69. The van der Waals surface area contributed by atoms with Crippen LogP contribution < -0.4 is 4.90 Å². The molecule has 2 saturated heterocycles. The van der Waals surface area contributed by atoms with Crippen LogP contribution in [0.15, 0.2) is 54.7 Å². The van der Waals surface area contributed by atoms with Crippen LogP contribution in [-0.4, -0.2) is 50.6 Å². The summed E-state index contributed by atoms with van der Waals surface area (Å²) in [6.45, 7) is 3.04. The van der Waals surface area contributed by atoms with Crippen molar-refractivity contribution in [2.45, 2.75) is 32.2 Å². The molecule has 2 aromatic heterocycles. The lowest BCUT2D eigenvalue weighted by Gasteiger charge is -2.46. The third-order valence-corrected chi connectivity index (χ3v) is 7.19. The summed E-state index contributed by atoms with van der Waals surface area (Å²) in [5.74, 6) is 1.20. The smallest absolute Gasteiger partial charge is 0.229 e. The van der Waals surface area contributed by atoms with E-state index in [-0.39, 0.29) is 5.41 Å². The van der Waals surface area contributed by atoms with Crippen LogP contribution in [0.25, 0.3) is 21.9 Å². The lowest BCUT2D eigenvalue weighted by Crippen LogP contribution is -2.53. The van der Waals surface area contributed by atoms with Gasteiger partial charge in [0.25, 0.3) is 0 Å². The number of H-pyrrole nitrogens is 1. The first-order valence-corrected chi connectivity index (χ1v) is 11.4. The summed E-state index contributed by atoms with van der Waals surface area (Å²) in [5.41, 5.74) is 3.54. The van der Waals surface area contributed by atoms with Gasteiger partial charge in [0.1, 0.15) is 5.82 Å². The van der Waals surface area contributed by atoms with E-state index in [0.717, 1.165) is 78.8 Å². The van der Waals surface area contributed by atoms with Gasteiger partial charge in [0, 0.05) is 25.0 Å². The summed E-state index contributed by atoms with van der Waals surface area (Å²) in [6, 6.07) is 16.1. The average molecular weight is 427 g/mol. The fourth-order valence-electron chi connectivity index (χ4n) is 5.35. The lowest BCUT2D eigenvalue weighted by molar-refractivity contribution is -0.148. The third kappa shape index (κ3) is 3.20. The predicted octanol–water partition coefficient (Wildman–Crippen LogP) is 3.92. The van der Waals surface area contributed by atoms with E-state index in [9.17, 15) is 4.79 Å². The number of aromatic nitrogens is 4. The van der Waals surface area contributed by atoms with Crippen molar-refractivity contribution in [3.05, 3.63) is 60.4 Å². The van der Waals surface area contributed by atoms with Crippen LogP contribution in [0.2, 0.25) is 0 Å². The molecule has 7 heteroatoms. The van der Waals surface area contributed by atoms with Gasteiger partial charge in [0.2, 0.25) is 5.91 Å². The SMILES string of the molecule is O=C1N(Cc2n[nH]c3ccccc23)CCCC12CCN(c1cnc3ccccc3n1)CC2. The molecule has 32 heavy (non-hydrogen) atoms. The van der Waals surface area contributed by atoms with E-state index in [1.807, 2.05) is 53.6 Å². The molecule has 1 amide bonds. The van der Waals surface area contributed by atoms with E-state index in [1.54, 1.807) is 0 Å². The molecular weight excluding hydrogens is 400 g/mol. The molecule has 0 unspecified atom stereocenters. The summed E-state index contributed by atoms with van der Waals surface area (Å²) < 4.78 is 0. The number of rotatable bonds is 3. The first-order valence-electron chi connectivity index (χ1n) is 11.4. The van der Waals surface area contributed by atoms with Gasteiger partial charge in [0.15, 0.2) is 0 Å². The topological polar surface area (TPSA) is 78.0 Å². The van der Waals surface area contributed by atoms with Crippen molar-refractivity contribution in [1.82, 2.24) is 25.1 Å². The summed E-state index contributed by atoms with van der Waals surface area (Å²) in [4.78, 5) is 27.3. The molecule has 2 aliphatic rings. The molecule has 2 aromatic carbocycles. The van der Waals surface area contributed by atoms with Crippen molar-refractivity contribution in [1.29, 1.82) is 0 Å². The molecule has 7 nitrogen and oxygen atoms in total. The molecule has 6 rings (SSSR count). The number of hydrogen-bond donors (Lipinski definition) is 1. The van der Waals surface area contributed by atoms with Gasteiger partial charge in [-0.3, -0.25) is 14.9 Å². The molecule has 2 fully saturated rings. The highest BCUT2D eigenvalue weighted by Crippen LogP contribution is 2.42. The molecule has 1 N–H and O–H groups in total. The van der Waals surface area contributed by atoms with Crippen molar-refractivity contribution >= 4 is 33.7 Å². The second kappa shape index (κ2) is 7.58. The summed E-state index contributed by atoms with van der Waals surface area (Å²) >= 11 is 0. The number of para-hydroxylation sites is 3. The molecule has 2 aliphatic heterocycles. The maximum Gasteiger partial charge on any atom is 0.229 e. The van der Waals surface area contributed by atoms with Gasteiger partial charge >= 0.3 is 0 Å². The summed E-state index contributed by atoms with van der Waals surface area (Å²) in [7, 11) is 0. The van der Waals surface area contributed by atoms with Gasteiger partial charge < -0.3 is 9.80 Å². The number of aromatic amines is 1. The van der Waals surface area contributed by atoms with Crippen LogP contribution >= 0.6 is 0 Å². The molecule has 0 saturated carbocycles. The Hall–Kier alpha value is -3.48. The van der Waals surface area contributed by atoms with E-state index < -0.39 is 0 Å². The maximum absolute atomic E-state index is 13.6. The Balaban J connectivity index is 1.18. The maximum atomic E-state index is 13.6. The van der Waals surface area contributed by atoms with E-state index in [4.69, 9.17) is 4.98 Å². The van der Waals surface area contributed by atoms with Gasteiger partial charge in [-0.1, -0.05) is 30.3 Å². The van der Waals surface area contributed by atoms with Crippen molar-refractivity contribution in [3.63, 3.8) is 0 Å².